The molecule has 0 bridgehead atoms. The molecule has 1 heterocycles. The zero-order chi connectivity index (χ0) is 14.8. The van der Waals surface area contributed by atoms with E-state index >= 15 is 0 Å². The predicted molar refractivity (Wildman–Crippen MR) is 72.6 cm³/mol. The highest BCUT2D eigenvalue weighted by Gasteiger charge is 2.39. The summed E-state index contributed by atoms with van der Waals surface area (Å²) in [5.41, 5.74) is 0.279. The summed E-state index contributed by atoms with van der Waals surface area (Å²) in [5, 5.41) is 9.27. The average molecular weight is 295 g/mol. The van der Waals surface area contributed by atoms with E-state index in [0.717, 1.165) is 5.56 Å². The number of nitrogens with zero attached hydrogens (tertiary/aromatic N) is 1. The molecule has 0 radical (unpaired) electrons. The van der Waals surface area contributed by atoms with Gasteiger partial charge in [-0.1, -0.05) is 17.7 Å². The van der Waals surface area contributed by atoms with Crippen LogP contribution in [0.2, 0.25) is 0 Å². The molecule has 20 heavy (non-hydrogen) atoms. The van der Waals surface area contributed by atoms with Gasteiger partial charge in [-0.15, -0.1) is 0 Å². The van der Waals surface area contributed by atoms with Crippen molar-refractivity contribution >= 4 is 10.1 Å². The third-order valence-electron chi connectivity index (χ3n) is 3.37. The van der Waals surface area contributed by atoms with Crippen LogP contribution in [0.4, 0.5) is 0 Å². The Morgan fingerprint density at radius 1 is 1.30 bits per heavy atom. The Kier molecular flexibility index (Phi) is 4.14. The van der Waals surface area contributed by atoms with E-state index in [1.807, 2.05) is 13.0 Å². The number of ether oxygens (including phenoxy) is 1. The first-order valence-electron chi connectivity index (χ1n) is 6.40. The molecule has 2 rings (SSSR count). The van der Waals surface area contributed by atoms with Crippen LogP contribution in [0.25, 0.3) is 0 Å². The maximum Gasteiger partial charge on any atom is 0.298 e. The Bertz CT molecular complexity index is 640. The van der Waals surface area contributed by atoms with Crippen molar-refractivity contribution in [2.24, 2.45) is 0 Å². The standard InChI is InChI=1S/C14H17NO4S/c1-11-3-4-13(12(2)9-11)20(16,17)19-14(10-15)5-7-18-8-6-14/h3-4,9H,5-8H2,1-2H3. The number of hydrogen-bond acceptors (Lipinski definition) is 5. The molecule has 1 aromatic carbocycles. The molecule has 5 nitrogen and oxygen atoms in total. The molecule has 1 aliphatic heterocycles. The van der Waals surface area contributed by atoms with E-state index in [1.54, 1.807) is 19.1 Å². The monoisotopic (exact) mass is 295 g/mol. The molecule has 6 heteroatoms. The minimum Gasteiger partial charge on any atom is -0.381 e. The summed E-state index contributed by atoms with van der Waals surface area (Å²) in [5.74, 6) is 0. The lowest BCUT2D eigenvalue weighted by molar-refractivity contribution is -0.00885. The molecule has 0 amide bonds. The van der Waals surface area contributed by atoms with E-state index in [1.165, 1.54) is 6.07 Å². The van der Waals surface area contributed by atoms with Crippen molar-refractivity contribution in [2.75, 3.05) is 13.2 Å². The Hall–Kier alpha value is -1.42. The van der Waals surface area contributed by atoms with E-state index in [-0.39, 0.29) is 17.7 Å². The maximum absolute atomic E-state index is 12.4. The Morgan fingerprint density at radius 3 is 2.50 bits per heavy atom. The van der Waals surface area contributed by atoms with Gasteiger partial charge in [-0.2, -0.15) is 13.7 Å². The molecule has 1 fully saturated rings. The SMILES string of the molecule is Cc1ccc(S(=O)(=O)OC2(C#N)CCOCC2)c(C)c1. The fourth-order valence-corrected chi connectivity index (χ4v) is 3.65. The van der Waals surface area contributed by atoms with E-state index in [9.17, 15) is 13.7 Å². The summed E-state index contributed by atoms with van der Waals surface area (Å²) in [6.07, 6.45) is 0.515. The van der Waals surface area contributed by atoms with Gasteiger partial charge in [0.1, 0.15) is 0 Å². The van der Waals surface area contributed by atoms with E-state index in [2.05, 4.69) is 0 Å². The lowest BCUT2D eigenvalue weighted by Crippen LogP contribution is -2.39. The van der Waals surface area contributed by atoms with Crippen molar-refractivity contribution in [1.29, 1.82) is 5.26 Å². The largest absolute Gasteiger partial charge is 0.381 e. The highest BCUT2D eigenvalue weighted by Crippen LogP contribution is 2.30. The Morgan fingerprint density at radius 2 is 1.95 bits per heavy atom. The second-order valence-corrected chi connectivity index (χ2v) is 6.54. The van der Waals surface area contributed by atoms with Gasteiger partial charge in [0.15, 0.2) is 5.60 Å². The molecule has 1 aromatic rings. The Balaban J connectivity index is 2.33. The Labute approximate surface area is 119 Å². The lowest BCUT2D eigenvalue weighted by Gasteiger charge is -2.29. The highest BCUT2D eigenvalue weighted by atomic mass is 32.2. The predicted octanol–water partition coefficient (Wildman–Crippen LogP) is 2.08. The normalized spacial score (nSPS) is 18.4. The van der Waals surface area contributed by atoms with Crippen LogP contribution >= 0.6 is 0 Å². The quantitative estimate of drug-likeness (QED) is 0.798. The number of aryl methyl sites for hydroxylation is 2. The molecule has 1 saturated heterocycles. The number of benzene rings is 1. The lowest BCUT2D eigenvalue weighted by atomic mass is 9.97. The smallest absolute Gasteiger partial charge is 0.298 e. The molecule has 0 unspecified atom stereocenters. The second-order valence-electron chi connectivity index (χ2n) is 5.02. The van der Waals surface area contributed by atoms with Gasteiger partial charge in [-0.05, 0) is 25.5 Å². The summed E-state index contributed by atoms with van der Waals surface area (Å²) < 4.78 is 35.2. The second kappa shape index (κ2) is 5.52. The van der Waals surface area contributed by atoms with Gasteiger partial charge in [-0.25, -0.2) is 4.18 Å². The third kappa shape index (κ3) is 3.01. The van der Waals surface area contributed by atoms with E-state index < -0.39 is 15.7 Å². The molecular formula is C14H17NO4S. The van der Waals surface area contributed by atoms with E-state index in [4.69, 9.17) is 8.92 Å². The van der Waals surface area contributed by atoms with Gasteiger partial charge in [0.25, 0.3) is 10.1 Å². The molecule has 108 valence electrons. The van der Waals surface area contributed by atoms with Crippen LogP contribution in [0.5, 0.6) is 0 Å². The topological polar surface area (TPSA) is 76.4 Å². The number of hydrogen-bond donors (Lipinski definition) is 0. The van der Waals surface area contributed by atoms with Crippen LogP contribution in [0, 0.1) is 25.2 Å². The van der Waals surface area contributed by atoms with E-state index in [0.29, 0.717) is 18.8 Å². The van der Waals surface area contributed by atoms with Gasteiger partial charge < -0.3 is 4.74 Å². The zero-order valence-corrected chi connectivity index (χ0v) is 12.4. The fraction of sp³-hybridized carbons (Fsp3) is 0.500. The molecule has 0 atom stereocenters. The molecule has 0 N–H and O–H groups in total. The van der Waals surface area contributed by atoms with Gasteiger partial charge in [0.2, 0.25) is 0 Å². The highest BCUT2D eigenvalue weighted by molar-refractivity contribution is 7.86. The van der Waals surface area contributed by atoms with Crippen LogP contribution in [-0.2, 0) is 19.0 Å². The van der Waals surface area contributed by atoms with Crippen LogP contribution in [0.15, 0.2) is 23.1 Å². The van der Waals surface area contributed by atoms with Gasteiger partial charge in [0, 0.05) is 12.8 Å². The zero-order valence-electron chi connectivity index (χ0n) is 11.5. The van der Waals surface area contributed by atoms with Crippen LogP contribution < -0.4 is 0 Å². The summed E-state index contributed by atoms with van der Waals surface area (Å²) in [6, 6.07) is 7.00. The molecule has 0 aliphatic carbocycles. The minimum atomic E-state index is -3.96. The fourth-order valence-electron chi connectivity index (χ4n) is 2.25. The number of rotatable bonds is 3. The summed E-state index contributed by atoms with van der Waals surface area (Å²) in [4.78, 5) is 0.115. The summed E-state index contributed by atoms with van der Waals surface area (Å²) in [6.45, 7) is 4.26. The van der Waals surface area contributed by atoms with Crippen molar-refractivity contribution < 1.29 is 17.3 Å². The first kappa shape index (κ1) is 15.0. The average Bonchev–Trinajstić information content (AvgIpc) is 2.38. The summed E-state index contributed by atoms with van der Waals surface area (Å²) >= 11 is 0. The van der Waals surface area contributed by atoms with Crippen molar-refractivity contribution in [3.63, 3.8) is 0 Å². The van der Waals surface area contributed by atoms with Gasteiger partial charge in [0.05, 0.1) is 24.2 Å². The molecule has 1 aliphatic rings. The minimum absolute atomic E-state index is 0.115. The molecule has 0 saturated carbocycles. The first-order valence-corrected chi connectivity index (χ1v) is 7.81. The first-order chi connectivity index (χ1) is 9.38. The van der Waals surface area contributed by atoms with Crippen molar-refractivity contribution in [1.82, 2.24) is 0 Å². The third-order valence-corrected chi connectivity index (χ3v) is 4.91. The van der Waals surface area contributed by atoms with Crippen LogP contribution in [0.3, 0.4) is 0 Å². The molecular weight excluding hydrogens is 278 g/mol. The van der Waals surface area contributed by atoms with Gasteiger partial charge >= 0.3 is 0 Å². The number of nitriles is 1. The maximum atomic E-state index is 12.4. The summed E-state index contributed by atoms with van der Waals surface area (Å²) in [7, 11) is -3.96. The molecule has 0 spiro atoms. The van der Waals surface area contributed by atoms with Crippen molar-refractivity contribution in [3.05, 3.63) is 29.3 Å². The molecule has 0 aromatic heterocycles. The van der Waals surface area contributed by atoms with Crippen LogP contribution in [-0.4, -0.2) is 27.2 Å². The van der Waals surface area contributed by atoms with Crippen molar-refractivity contribution in [3.8, 4) is 6.07 Å². The van der Waals surface area contributed by atoms with Gasteiger partial charge in [-0.3, -0.25) is 0 Å². The van der Waals surface area contributed by atoms with Crippen molar-refractivity contribution in [2.45, 2.75) is 37.2 Å². The van der Waals surface area contributed by atoms with Crippen LogP contribution in [0.1, 0.15) is 24.0 Å².